The lowest BCUT2D eigenvalue weighted by Crippen LogP contribution is -2.18. The fraction of sp³-hybridized carbons (Fsp3) is 0.417. The standard InChI is InChI=1S/C12H18FN3O/c1-16(2)7-4-8-17-10-6-3-5-9(13)11(10)12(14)15/h3,5-6H,4,7-8H2,1-2H3,(H3,14,15). The van der Waals surface area contributed by atoms with E-state index in [1.807, 2.05) is 19.0 Å². The number of nitrogens with zero attached hydrogens (tertiary/aromatic N) is 1. The molecule has 3 N–H and O–H groups in total. The maximum Gasteiger partial charge on any atom is 0.137 e. The van der Waals surface area contributed by atoms with Crippen molar-refractivity contribution in [3.05, 3.63) is 29.6 Å². The molecule has 0 saturated heterocycles. The van der Waals surface area contributed by atoms with E-state index in [1.54, 1.807) is 12.1 Å². The second-order valence-corrected chi connectivity index (χ2v) is 4.03. The van der Waals surface area contributed by atoms with E-state index in [4.69, 9.17) is 15.9 Å². The number of nitrogens with two attached hydrogens (primary N) is 1. The molecule has 0 unspecified atom stereocenters. The van der Waals surface area contributed by atoms with Crippen LogP contribution in [0.25, 0.3) is 0 Å². The van der Waals surface area contributed by atoms with Crippen LogP contribution in [0.1, 0.15) is 12.0 Å². The van der Waals surface area contributed by atoms with Gasteiger partial charge in [0.2, 0.25) is 0 Å². The Kier molecular flexibility index (Phi) is 4.90. The monoisotopic (exact) mass is 239 g/mol. The minimum absolute atomic E-state index is 0.0392. The molecular formula is C12H18FN3O. The highest BCUT2D eigenvalue weighted by molar-refractivity contribution is 5.97. The smallest absolute Gasteiger partial charge is 0.137 e. The van der Waals surface area contributed by atoms with Crippen LogP contribution in [0.5, 0.6) is 5.75 Å². The summed E-state index contributed by atoms with van der Waals surface area (Å²) in [4.78, 5) is 2.04. The average molecular weight is 239 g/mol. The SMILES string of the molecule is CN(C)CCCOc1cccc(F)c1C(=N)N. The number of hydrogen-bond acceptors (Lipinski definition) is 3. The van der Waals surface area contributed by atoms with Gasteiger partial charge in [0.15, 0.2) is 0 Å². The third-order valence-corrected chi connectivity index (χ3v) is 2.25. The minimum atomic E-state index is -0.525. The van der Waals surface area contributed by atoms with E-state index in [1.165, 1.54) is 6.07 Å². The first-order valence-electron chi connectivity index (χ1n) is 5.43. The molecule has 0 radical (unpaired) electrons. The van der Waals surface area contributed by atoms with Crippen molar-refractivity contribution in [1.29, 1.82) is 5.41 Å². The summed E-state index contributed by atoms with van der Waals surface area (Å²) >= 11 is 0. The molecule has 0 spiro atoms. The number of rotatable bonds is 6. The van der Waals surface area contributed by atoms with Crippen LogP contribution in [0.3, 0.4) is 0 Å². The molecule has 0 aromatic heterocycles. The summed E-state index contributed by atoms with van der Waals surface area (Å²) in [6, 6.07) is 4.43. The van der Waals surface area contributed by atoms with Gasteiger partial charge < -0.3 is 15.4 Å². The molecule has 0 aliphatic carbocycles. The van der Waals surface area contributed by atoms with Gasteiger partial charge >= 0.3 is 0 Å². The first kappa shape index (κ1) is 13.4. The van der Waals surface area contributed by atoms with Crippen LogP contribution >= 0.6 is 0 Å². The molecule has 0 bridgehead atoms. The Morgan fingerprint density at radius 3 is 2.76 bits per heavy atom. The molecular weight excluding hydrogens is 221 g/mol. The van der Waals surface area contributed by atoms with Crippen molar-refractivity contribution in [2.45, 2.75) is 6.42 Å². The molecule has 4 nitrogen and oxygen atoms in total. The Hall–Kier alpha value is -1.62. The van der Waals surface area contributed by atoms with Crippen LogP contribution in [0, 0.1) is 11.2 Å². The van der Waals surface area contributed by atoms with Crippen molar-refractivity contribution in [2.24, 2.45) is 5.73 Å². The van der Waals surface area contributed by atoms with Crippen LogP contribution in [-0.4, -0.2) is 38.0 Å². The van der Waals surface area contributed by atoms with Crippen LogP contribution < -0.4 is 10.5 Å². The van der Waals surface area contributed by atoms with E-state index in [0.717, 1.165) is 13.0 Å². The molecule has 1 rings (SSSR count). The lowest BCUT2D eigenvalue weighted by atomic mass is 10.1. The maximum atomic E-state index is 13.4. The fourth-order valence-corrected chi connectivity index (χ4v) is 1.45. The zero-order valence-corrected chi connectivity index (χ0v) is 10.2. The van der Waals surface area contributed by atoms with Crippen LogP contribution in [0.15, 0.2) is 18.2 Å². The highest BCUT2D eigenvalue weighted by Gasteiger charge is 2.12. The van der Waals surface area contributed by atoms with Crippen LogP contribution in [0.2, 0.25) is 0 Å². The Balaban J connectivity index is 2.64. The van der Waals surface area contributed by atoms with E-state index in [-0.39, 0.29) is 11.4 Å². The maximum absolute atomic E-state index is 13.4. The third kappa shape index (κ3) is 4.03. The van der Waals surface area contributed by atoms with Crippen molar-refractivity contribution in [3.63, 3.8) is 0 Å². The quantitative estimate of drug-likeness (QED) is 0.448. The highest BCUT2D eigenvalue weighted by Crippen LogP contribution is 2.20. The second kappa shape index (κ2) is 6.20. The van der Waals surface area contributed by atoms with Crippen LogP contribution in [0.4, 0.5) is 4.39 Å². The fourth-order valence-electron chi connectivity index (χ4n) is 1.45. The summed E-state index contributed by atoms with van der Waals surface area (Å²) in [5, 5.41) is 7.32. The van der Waals surface area contributed by atoms with Crippen molar-refractivity contribution >= 4 is 5.84 Å². The van der Waals surface area contributed by atoms with E-state index in [0.29, 0.717) is 12.4 Å². The molecule has 0 aliphatic heterocycles. The number of ether oxygens (including phenoxy) is 1. The van der Waals surface area contributed by atoms with Gasteiger partial charge in [0, 0.05) is 6.54 Å². The molecule has 94 valence electrons. The highest BCUT2D eigenvalue weighted by atomic mass is 19.1. The van der Waals surface area contributed by atoms with Crippen molar-refractivity contribution in [1.82, 2.24) is 4.90 Å². The Bertz CT molecular complexity index is 393. The van der Waals surface area contributed by atoms with Crippen molar-refractivity contribution < 1.29 is 9.13 Å². The number of hydrogen-bond donors (Lipinski definition) is 2. The summed E-state index contributed by atoms with van der Waals surface area (Å²) in [6.07, 6.45) is 0.834. The summed E-state index contributed by atoms with van der Waals surface area (Å²) in [6.45, 7) is 1.37. The second-order valence-electron chi connectivity index (χ2n) is 4.03. The number of nitrogen functional groups attached to an aromatic ring is 1. The molecule has 0 atom stereocenters. The van der Waals surface area contributed by atoms with E-state index in [2.05, 4.69) is 0 Å². The first-order valence-corrected chi connectivity index (χ1v) is 5.43. The van der Waals surface area contributed by atoms with E-state index < -0.39 is 5.82 Å². The molecule has 0 amide bonds. The minimum Gasteiger partial charge on any atom is -0.493 e. The van der Waals surface area contributed by atoms with E-state index >= 15 is 0 Å². The number of halogens is 1. The van der Waals surface area contributed by atoms with Gasteiger partial charge in [-0.05, 0) is 32.6 Å². The van der Waals surface area contributed by atoms with Gasteiger partial charge in [-0.25, -0.2) is 4.39 Å². The molecule has 1 aromatic rings. The molecule has 0 fully saturated rings. The largest absolute Gasteiger partial charge is 0.493 e. The molecule has 0 heterocycles. The number of nitrogens with one attached hydrogen (secondary N) is 1. The van der Waals surface area contributed by atoms with Crippen molar-refractivity contribution in [3.8, 4) is 5.75 Å². The van der Waals surface area contributed by atoms with Gasteiger partial charge in [0.05, 0.1) is 12.2 Å². The lowest BCUT2D eigenvalue weighted by molar-refractivity contribution is 0.280. The molecule has 0 saturated carbocycles. The van der Waals surface area contributed by atoms with E-state index in [9.17, 15) is 4.39 Å². The van der Waals surface area contributed by atoms with Gasteiger partial charge in [-0.3, -0.25) is 5.41 Å². The zero-order chi connectivity index (χ0) is 12.8. The lowest BCUT2D eigenvalue weighted by Gasteiger charge is -2.13. The average Bonchev–Trinajstić information content (AvgIpc) is 2.23. The summed E-state index contributed by atoms with van der Waals surface area (Å²) in [7, 11) is 3.95. The van der Waals surface area contributed by atoms with Gasteiger partial charge in [0.25, 0.3) is 0 Å². The van der Waals surface area contributed by atoms with Gasteiger partial charge in [-0.1, -0.05) is 6.07 Å². The first-order chi connectivity index (χ1) is 8.02. The number of amidine groups is 1. The Labute approximate surface area is 101 Å². The van der Waals surface area contributed by atoms with Crippen LogP contribution in [-0.2, 0) is 0 Å². The number of benzene rings is 1. The zero-order valence-electron chi connectivity index (χ0n) is 10.2. The Morgan fingerprint density at radius 1 is 1.47 bits per heavy atom. The predicted octanol–water partition coefficient (Wildman–Crippen LogP) is 1.44. The summed E-state index contributed by atoms with van der Waals surface area (Å²) in [5.74, 6) is -0.510. The molecule has 0 aliphatic rings. The normalized spacial score (nSPS) is 10.6. The van der Waals surface area contributed by atoms with Crippen molar-refractivity contribution in [2.75, 3.05) is 27.2 Å². The third-order valence-electron chi connectivity index (χ3n) is 2.25. The van der Waals surface area contributed by atoms with Gasteiger partial charge in [0.1, 0.15) is 17.4 Å². The topological polar surface area (TPSA) is 62.3 Å². The summed E-state index contributed by atoms with van der Waals surface area (Å²) < 4.78 is 18.9. The van der Waals surface area contributed by atoms with Gasteiger partial charge in [-0.15, -0.1) is 0 Å². The molecule has 17 heavy (non-hydrogen) atoms. The molecule has 5 heteroatoms. The van der Waals surface area contributed by atoms with Gasteiger partial charge in [-0.2, -0.15) is 0 Å². The Morgan fingerprint density at radius 2 is 2.18 bits per heavy atom. The summed E-state index contributed by atoms with van der Waals surface area (Å²) in [5.41, 5.74) is 5.36. The predicted molar refractivity (Wildman–Crippen MR) is 66.1 cm³/mol. The molecule has 1 aromatic carbocycles.